The highest BCUT2D eigenvalue weighted by Gasteiger charge is 2.26. The summed E-state index contributed by atoms with van der Waals surface area (Å²) in [5.41, 5.74) is 3.42. The lowest BCUT2D eigenvalue weighted by molar-refractivity contribution is -0.386. The van der Waals surface area contributed by atoms with Crippen LogP contribution in [-0.4, -0.2) is 45.2 Å². The lowest BCUT2D eigenvalue weighted by Gasteiger charge is -2.33. The van der Waals surface area contributed by atoms with Crippen LogP contribution in [-0.2, 0) is 11.3 Å². The molecule has 2 heterocycles. The van der Waals surface area contributed by atoms with E-state index in [9.17, 15) is 14.9 Å². The Kier molecular flexibility index (Phi) is 6.25. The van der Waals surface area contributed by atoms with Crippen molar-refractivity contribution in [2.24, 2.45) is 0 Å². The molecule has 3 aromatic rings. The van der Waals surface area contributed by atoms with E-state index < -0.39 is 4.92 Å². The van der Waals surface area contributed by atoms with Crippen molar-refractivity contribution in [1.29, 1.82) is 0 Å². The van der Waals surface area contributed by atoms with Gasteiger partial charge in [-0.3, -0.25) is 19.6 Å². The Morgan fingerprint density at radius 2 is 1.88 bits per heavy atom. The van der Waals surface area contributed by atoms with Crippen LogP contribution in [0.2, 0.25) is 5.02 Å². The molecule has 1 saturated heterocycles. The van der Waals surface area contributed by atoms with E-state index in [4.69, 9.17) is 16.3 Å². The maximum absolute atomic E-state index is 13.0. The molecule has 1 amide bonds. The molecule has 166 valence electrons. The van der Waals surface area contributed by atoms with Crippen molar-refractivity contribution in [3.63, 3.8) is 0 Å². The van der Waals surface area contributed by atoms with Crippen LogP contribution in [0.25, 0.3) is 0 Å². The van der Waals surface area contributed by atoms with Crippen molar-refractivity contribution < 1.29 is 14.5 Å². The van der Waals surface area contributed by atoms with Crippen LogP contribution in [0.4, 0.5) is 5.69 Å². The van der Waals surface area contributed by atoms with E-state index in [0.29, 0.717) is 48.2 Å². The molecule has 1 aliphatic rings. The smallest absolute Gasteiger partial charge is 0.312 e. The zero-order valence-corrected chi connectivity index (χ0v) is 18.6. The first kappa shape index (κ1) is 22.0. The Bertz CT molecular complexity index is 1140. The number of rotatable bonds is 5. The molecule has 32 heavy (non-hydrogen) atoms. The van der Waals surface area contributed by atoms with E-state index in [1.54, 1.807) is 35.6 Å². The number of amides is 1. The highest BCUT2D eigenvalue weighted by atomic mass is 35.5. The van der Waals surface area contributed by atoms with Gasteiger partial charge in [0.05, 0.1) is 24.6 Å². The van der Waals surface area contributed by atoms with Gasteiger partial charge in [-0.1, -0.05) is 35.9 Å². The average molecular weight is 455 g/mol. The molecule has 1 aromatic heterocycles. The molecule has 8 nitrogen and oxygen atoms in total. The third kappa shape index (κ3) is 4.51. The Labute approximate surface area is 190 Å². The summed E-state index contributed by atoms with van der Waals surface area (Å²) in [6.07, 6.45) is -0.189. The van der Waals surface area contributed by atoms with E-state index in [-0.39, 0.29) is 17.7 Å². The van der Waals surface area contributed by atoms with Crippen LogP contribution in [0, 0.1) is 24.0 Å². The second-order valence-electron chi connectivity index (χ2n) is 7.79. The van der Waals surface area contributed by atoms with Crippen molar-refractivity contribution in [3.8, 4) is 0 Å². The number of benzene rings is 2. The van der Waals surface area contributed by atoms with Crippen LogP contribution >= 0.6 is 11.6 Å². The SMILES string of the molecule is Cc1nn(Cc2ccc(C(=O)N3CCOC(c4ccc(Cl)cc4)C3)cc2)c(C)c1[N+](=O)[O-]. The summed E-state index contributed by atoms with van der Waals surface area (Å²) in [6.45, 7) is 5.17. The fourth-order valence-corrected chi connectivity index (χ4v) is 4.05. The molecule has 0 N–H and O–H groups in total. The predicted octanol–water partition coefficient (Wildman–Crippen LogP) is 4.32. The molecule has 0 saturated carbocycles. The van der Waals surface area contributed by atoms with E-state index in [0.717, 1.165) is 11.1 Å². The number of nitrogens with zero attached hydrogens (tertiary/aromatic N) is 4. The summed E-state index contributed by atoms with van der Waals surface area (Å²) < 4.78 is 7.46. The van der Waals surface area contributed by atoms with E-state index in [1.807, 2.05) is 36.4 Å². The summed E-state index contributed by atoms with van der Waals surface area (Å²) in [4.78, 5) is 25.6. The molecule has 0 spiro atoms. The molecule has 2 aromatic carbocycles. The maximum atomic E-state index is 13.0. The summed E-state index contributed by atoms with van der Waals surface area (Å²) in [7, 11) is 0. The van der Waals surface area contributed by atoms with Crippen molar-refractivity contribution in [2.45, 2.75) is 26.5 Å². The normalized spacial score (nSPS) is 16.2. The first-order valence-corrected chi connectivity index (χ1v) is 10.6. The molecule has 0 aliphatic carbocycles. The molecule has 1 unspecified atom stereocenters. The molecule has 1 aliphatic heterocycles. The number of aryl methyl sites for hydroxylation is 1. The molecule has 1 fully saturated rings. The molecule has 0 radical (unpaired) electrons. The third-order valence-corrected chi connectivity index (χ3v) is 5.91. The van der Waals surface area contributed by atoms with Gasteiger partial charge in [0.15, 0.2) is 0 Å². The number of carbonyl (C=O) groups excluding carboxylic acids is 1. The molecular weight excluding hydrogens is 432 g/mol. The Hall–Kier alpha value is -3.23. The monoisotopic (exact) mass is 454 g/mol. The van der Waals surface area contributed by atoms with E-state index in [1.165, 1.54) is 0 Å². The standard InChI is InChI=1S/C23H23ClN4O4/c1-15-22(28(30)31)16(2)27(25-15)13-17-3-5-19(6-4-17)23(29)26-11-12-32-21(14-26)18-7-9-20(24)10-8-18/h3-10,21H,11-14H2,1-2H3. The molecule has 1 atom stereocenters. The van der Waals surface area contributed by atoms with Gasteiger partial charge < -0.3 is 9.64 Å². The van der Waals surface area contributed by atoms with Crippen LogP contribution in [0.3, 0.4) is 0 Å². The van der Waals surface area contributed by atoms with Crippen LogP contribution in [0.5, 0.6) is 0 Å². The second-order valence-corrected chi connectivity index (χ2v) is 8.23. The van der Waals surface area contributed by atoms with E-state index >= 15 is 0 Å². The van der Waals surface area contributed by atoms with E-state index in [2.05, 4.69) is 5.10 Å². The Morgan fingerprint density at radius 1 is 1.19 bits per heavy atom. The minimum atomic E-state index is -0.407. The summed E-state index contributed by atoms with van der Waals surface area (Å²) >= 11 is 5.96. The van der Waals surface area contributed by atoms with Crippen molar-refractivity contribution in [2.75, 3.05) is 19.7 Å². The molecular formula is C23H23ClN4O4. The van der Waals surface area contributed by atoms with Gasteiger partial charge in [-0.15, -0.1) is 0 Å². The van der Waals surface area contributed by atoms with Gasteiger partial charge >= 0.3 is 5.69 Å². The maximum Gasteiger partial charge on any atom is 0.312 e. The van der Waals surface area contributed by atoms with Crippen LogP contribution in [0.1, 0.15) is 39.0 Å². The van der Waals surface area contributed by atoms with Gasteiger partial charge in [0.25, 0.3) is 5.91 Å². The fraction of sp³-hybridized carbons (Fsp3) is 0.304. The fourth-order valence-electron chi connectivity index (χ4n) is 3.93. The topological polar surface area (TPSA) is 90.5 Å². The first-order chi connectivity index (χ1) is 15.3. The zero-order chi connectivity index (χ0) is 22.8. The second kappa shape index (κ2) is 9.10. The first-order valence-electron chi connectivity index (χ1n) is 10.3. The van der Waals surface area contributed by atoms with Crippen LogP contribution in [0.15, 0.2) is 48.5 Å². The predicted molar refractivity (Wildman–Crippen MR) is 120 cm³/mol. The molecule has 9 heteroatoms. The van der Waals surface area contributed by atoms with Gasteiger partial charge in [0.1, 0.15) is 17.5 Å². The van der Waals surface area contributed by atoms with Crippen molar-refractivity contribution in [1.82, 2.24) is 14.7 Å². The zero-order valence-electron chi connectivity index (χ0n) is 17.8. The van der Waals surface area contributed by atoms with Crippen molar-refractivity contribution >= 4 is 23.2 Å². The van der Waals surface area contributed by atoms with Gasteiger partial charge in [-0.2, -0.15) is 5.10 Å². The molecule has 4 rings (SSSR count). The quantitative estimate of drug-likeness (QED) is 0.423. The lowest BCUT2D eigenvalue weighted by Crippen LogP contribution is -2.42. The number of hydrogen-bond donors (Lipinski definition) is 0. The number of ether oxygens (including phenoxy) is 1. The Balaban J connectivity index is 1.44. The number of aromatic nitrogens is 2. The third-order valence-electron chi connectivity index (χ3n) is 5.65. The van der Waals surface area contributed by atoms with Crippen LogP contribution < -0.4 is 0 Å². The number of morpholine rings is 1. The van der Waals surface area contributed by atoms with Crippen molar-refractivity contribution in [3.05, 3.63) is 91.7 Å². The number of nitro groups is 1. The number of hydrogen-bond acceptors (Lipinski definition) is 5. The number of halogens is 1. The summed E-state index contributed by atoms with van der Waals surface area (Å²) in [6, 6.07) is 14.7. The highest BCUT2D eigenvalue weighted by molar-refractivity contribution is 6.30. The van der Waals surface area contributed by atoms with Gasteiger partial charge in [-0.05, 0) is 49.2 Å². The Morgan fingerprint density at radius 3 is 2.50 bits per heavy atom. The number of carbonyl (C=O) groups is 1. The molecule has 0 bridgehead atoms. The summed E-state index contributed by atoms with van der Waals surface area (Å²) in [5.74, 6) is -0.0550. The van der Waals surface area contributed by atoms with Gasteiger partial charge in [-0.25, -0.2) is 0 Å². The summed E-state index contributed by atoms with van der Waals surface area (Å²) in [5, 5.41) is 16.1. The van der Waals surface area contributed by atoms with Gasteiger partial charge in [0, 0.05) is 17.1 Å². The average Bonchev–Trinajstić information content (AvgIpc) is 3.07. The van der Waals surface area contributed by atoms with Gasteiger partial charge in [0.2, 0.25) is 0 Å². The minimum Gasteiger partial charge on any atom is -0.370 e. The largest absolute Gasteiger partial charge is 0.370 e. The highest BCUT2D eigenvalue weighted by Crippen LogP contribution is 2.25. The minimum absolute atomic E-state index is 0.0411. The lowest BCUT2D eigenvalue weighted by atomic mass is 10.1.